The topological polar surface area (TPSA) is 68.2 Å². The van der Waals surface area contributed by atoms with Crippen LogP contribution in [0.5, 0.6) is 0 Å². The van der Waals surface area contributed by atoms with E-state index in [4.69, 9.17) is 4.74 Å². The summed E-state index contributed by atoms with van der Waals surface area (Å²) in [6, 6.07) is 0.349. The maximum Gasteiger partial charge on any atom is 0.241 e. The summed E-state index contributed by atoms with van der Waals surface area (Å²) in [5, 5.41) is 10.0. The molecule has 1 aliphatic rings. The van der Waals surface area contributed by atoms with E-state index in [9.17, 15) is 4.79 Å². The number of nitrogens with zero attached hydrogens (tertiary/aromatic N) is 2. The van der Waals surface area contributed by atoms with Crippen LogP contribution in [0.3, 0.4) is 0 Å². The number of hydrogen-bond donors (Lipinski definition) is 2. The van der Waals surface area contributed by atoms with E-state index in [1.807, 2.05) is 6.20 Å². The summed E-state index contributed by atoms with van der Waals surface area (Å²) in [6.07, 6.45) is 5.77. The summed E-state index contributed by atoms with van der Waals surface area (Å²) in [6.45, 7) is 1.84. The molecule has 0 aliphatic carbocycles. The fraction of sp³-hybridized carbons (Fsp3) is 0.636. The lowest BCUT2D eigenvalue weighted by atomic mass is 10.1. The van der Waals surface area contributed by atoms with Crippen molar-refractivity contribution >= 4 is 11.6 Å². The number of nitrogens with one attached hydrogen (secondary N) is 2. The first-order chi connectivity index (χ1) is 8.28. The Morgan fingerprint density at radius 2 is 2.59 bits per heavy atom. The van der Waals surface area contributed by atoms with Crippen LogP contribution in [-0.2, 0) is 16.1 Å². The van der Waals surface area contributed by atoms with Crippen molar-refractivity contribution in [2.45, 2.75) is 25.4 Å². The van der Waals surface area contributed by atoms with Gasteiger partial charge in [0.25, 0.3) is 0 Å². The zero-order chi connectivity index (χ0) is 12.1. The Bertz CT molecular complexity index is 371. The highest BCUT2D eigenvalue weighted by Gasteiger charge is 2.14. The SMILES string of the molecule is CNC(=O)Cn1cc(NC2CCCOC2)cn1. The third-order valence-corrected chi connectivity index (χ3v) is 2.75. The van der Waals surface area contributed by atoms with E-state index in [0.29, 0.717) is 6.04 Å². The second-order valence-corrected chi connectivity index (χ2v) is 4.16. The molecule has 1 aromatic rings. The van der Waals surface area contributed by atoms with Crippen molar-refractivity contribution in [3.8, 4) is 0 Å². The molecule has 0 bridgehead atoms. The van der Waals surface area contributed by atoms with Gasteiger partial charge in [-0.1, -0.05) is 0 Å². The molecule has 94 valence electrons. The molecule has 6 heteroatoms. The molecule has 0 aromatic carbocycles. The molecule has 1 aliphatic heterocycles. The number of rotatable bonds is 4. The number of carbonyl (C=O) groups is 1. The average molecular weight is 238 g/mol. The zero-order valence-electron chi connectivity index (χ0n) is 9.98. The zero-order valence-corrected chi connectivity index (χ0v) is 9.98. The van der Waals surface area contributed by atoms with Gasteiger partial charge in [0.15, 0.2) is 0 Å². The second-order valence-electron chi connectivity index (χ2n) is 4.16. The second kappa shape index (κ2) is 5.67. The fourth-order valence-electron chi connectivity index (χ4n) is 1.84. The van der Waals surface area contributed by atoms with Crippen LogP contribution in [-0.4, -0.2) is 42.0 Å². The summed E-state index contributed by atoms with van der Waals surface area (Å²) in [7, 11) is 1.62. The van der Waals surface area contributed by atoms with Crippen LogP contribution in [0.4, 0.5) is 5.69 Å². The molecule has 1 fully saturated rings. The normalized spacial score (nSPS) is 19.9. The molecule has 0 spiro atoms. The van der Waals surface area contributed by atoms with Crippen LogP contribution >= 0.6 is 0 Å². The Balaban J connectivity index is 1.86. The van der Waals surface area contributed by atoms with E-state index in [1.165, 1.54) is 0 Å². The first-order valence-electron chi connectivity index (χ1n) is 5.85. The number of ether oxygens (including phenoxy) is 1. The average Bonchev–Trinajstić information content (AvgIpc) is 2.77. The van der Waals surface area contributed by atoms with Crippen LogP contribution in [0.15, 0.2) is 12.4 Å². The molecule has 0 saturated carbocycles. The Kier molecular flexibility index (Phi) is 3.98. The van der Waals surface area contributed by atoms with Gasteiger partial charge in [-0.15, -0.1) is 0 Å². The lowest BCUT2D eigenvalue weighted by Crippen LogP contribution is -2.29. The van der Waals surface area contributed by atoms with Crippen molar-refractivity contribution in [3.05, 3.63) is 12.4 Å². The van der Waals surface area contributed by atoms with Gasteiger partial charge in [0, 0.05) is 25.9 Å². The molecular formula is C11H18N4O2. The van der Waals surface area contributed by atoms with E-state index in [1.54, 1.807) is 17.9 Å². The maximum atomic E-state index is 11.2. The fourth-order valence-corrected chi connectivity index (χ4v) is 1.84. The van der Waals surface area contributed by atoms with Gasteiger partial charge in [-0.05, 0) is 12.8 Å². The monoisotopic (exact) mass is 238 g/mol. The number of amides is 1. The highest BCUT2D eigenvalue weighted by molar-refractivity contribution is 5.75. The first kappa shape index (κ1) is 11.9. The molecule has 1 unspecified atom stereocenters. The Morgan fingerprint density at radius 3 is 3.29 bits per heavy atom. The molecule has 0 radical (unpaired) electrons. The van der Waals surface area contributed by atoms with E-state index in [2.05, 4.69) is 15.7 Å². The molecule has 1 saturated heterocycles. The number of aromatic nitrogens is 2. The molecule has 6 nitrogen and oxygen atoms in total. The van der Waals surface area contributed by atoms with Gasteiger partial charge in [0.05, 0.1) is 18.5 Å². The molecule has 17 heavy (non-hydrogen) atoms. The Labute approximate surface area is 100 Å². The van der Waals surface area contributed by atoms with Crippen LogP contribution in [0.2, 0.25) is 0 Å². The Morgan fingerprint density at radius 1 is 1.71 bits per heavy atom. The van der Waals surface area contributed by atoms with E-state index in [-0.39, 0.29) is 12.5 Å². The van der Waals surface area contributed by atoms with Crippen LogP contribution in [0.1, 0.15) is 12.8 Å². The predicted octanol–water partition coefficient (Wildman–Crippen LogP) is 0.220. The minimum absolute atomic E-state index is 0.0550. The van der Waals surface area contributed by atoms with Crippen molar-refractivity contribution in [3.63, 3.8) is 0 Å². The highest BCUT2D eigenvalue weighted by atomic mass is 16.5. The minimum atomic E-state index is -0.0550. The van der Waals surface area contributed by atoms with Crippen LogP contribution in [0, 0.1) is 0 Å². The summed E-state index contributed by atoms with van der Waals surface area (Å²) in [5.41, 5.74) is 0.935. The largest absolute Gasteiger partial charge is 0.379 e. The van der Waals surface area contributed by atoms with Crippen LogP contribution in [0.25, 0.3) is 0 Å². The van der Waals surface area contributed by atoms with Crippen molar-refractivity contribution < 1.29 is 9.53 Å². The minimum Gasteiger partial charge on any atom is -0.379 e. The van der Waals surface area contributed by atoms with Gasteiger partial charge >= 0.3 is 0 Å². The van der Waals surface area contributed by atoms with Gasteiger partial charge < -0.3 is 15.4 Å². The van der Waals surface area contributed by atoms with Gasteiger partial charge in [-0.25, -0.2) is 0 Å². The molecular weight excluding hydrogens is 220 g/mol. The highest BCUT2D eigenvalue weighted by Crippen LogP contribution is 2.13. The van der Waals surface area contributed by atoms with Crippen molar-refractivity contribution in [1.29, 1.82) is 0 Å². The summed E-state index contributed by atoms with van der Waals surface area (Å²) in [5.74, 6) is -0.0550. The van der Waals surface area contributed by atoms with Gasteiger partial charge in [-0.3, -0.25) is 9.48 Å². The van der Waals surface area contributed by atoms with Crippen molar-refractivity contribution in [2.75, 3.05) is 25.6 Å². The van der Waals surface area contributed by atoms with Crippen molar-refractivity contribution in [1.82, 2.24) is 15.1 Å². The molecule has 1 atom stereocenters. The van der Waals surface area contributed by atoms with E-state index in [0.717, 1.165) is 31.7 Å². The number of likely N-dealkylation sites (N-methyl/N-ethyl adjacent to an activating group) is 1. The number of anilines is 1. The molecule has 2 N–H and O–H groups in total. The number of carbonyl (C=O) groups excluding carboxylic acids is 1. The quantitative estimate of drug-likeness (QED) is 0.787. The van der Waals surface area contributed by atoms with Crippen LogP contribution < -0.4 is 10.6 Å². The summed E-state index contributed by atoms with van der Waals surface area (Å²) in [4.78, 5) is 11.2. The molecule has 2 rings (SSSR count). The third-order valence-electron chi connectivity index (χ3n) is 2.75. The van der Waals surface area contributed by atoms with E-state index >= 15 is 0 Å². The molecule has 2 heterocycles. The predicted molar refractivity (Wildman–Crippen MR) is 63.8 cm³/mol. The maximum absolute atomic E-state index is 11.2. The first-order valence-corrected chi connectivity index (χ1v) is 5.85. The van der Waals surface area contributed by atoms with Crippen molar-refractivity contribution in [2.24, 2.45) is 0 Å². The van der Waals surface area contributed by atoms with Gasteiger partial charge in [0.1, 0.15) is 6.54 Å². The van der Waals surface area contributed by atoms with Gasteiger partial charge in [0.2, 0.25) is 5.91 Å². The number of hydrogen-bond acceptors (Lipinski definition) is 4. The molecule has 1 amide bonds. The third kappa shape index (κ3) is 3.45. The smallest absolute Gasteiger partial charge is 0.241 e. The molecule has 1 aromatic heterocycles. The van der Waals surface area contributed by atoms with E-state index < -0.39 is 0 Å². The lowest BCUT2D eigenvalue weighted by Gasteiger charge is -2.23. The Hall–Kier alpha value is -1.56. The summed E-state index contributed by atoms with van der Waals surface area (Å²) < 4.78 is 7.01. The standard InChI is InChI=1S/C11H18N4O2/c1-12-11(16)7-15-6-10(5-13-15)14-9-3-2-4-17-8-9/h5-6,9,14H,2-4,7-8H2,1H3,(H,12,16). The van der Waals surface area contributed by atoms with Gasteiger partial charge in [-0.2, -0.15) is 5.10 Å². The summed E-state index contributed by atoms with van der Waals surface area (Å²) >= 11 is 0. The lowest BCUT2D eigenvalue weighted by molar-refractivity contribution is -0.121.